The highest BCUT2D eigenvalue weighted by Crippen LogP contribution is 2.42. The Bertz CT molecular complexity index is 1060. The molecule has 3 heterocycles. The zero-order valence-corrected chi connectivity index (χ0v) is 19.9. The normalized spacial score (nSPS) is 11.3. The first-order chi connectivity index (χ1) is 14.1. The summed E-state index contributed by atoms with van der Waals surface area (Å²) in [4.78, 5) is 8.43. The van der Waals surface area contributed by atoms with Gasteiger partial charge in [0.1, 0.15) is 0 Å². The van der Waals surface area contributed by atoms with Gasteiger partial charge in [-0.05, 0) is 68.7 Å². The summed E-state index contributed by atoms with van der Waals surface area (Å²) in [6.45, 7) is 6.63. The minimum absolute atomic E-state index is 1.23. The van der Waals surface area contributed by atoms with Crippen molar-refractivity contribution in [2.24, 2.45) is 0 Å². The number of benzene rings is 1. The van der Waals surface area contributed by atoms with E-state index in [4.69, 9.17) is 0 Å². The molecular weight excluding hydrogens is 408 g/mol. The molecule has 4 rings (SSSR count). The monoisotopic (exact) mass is 436 g/mol. The molecule has 150 valence electrons. The van der Waals surface area contributed by atoms with E-state index >= 15 is 0 Å². The second-order valence-electron chi connectivity index (χ2n) is 7.78. The molecule has 0 saturated heterocycles. The van der Waals surface area contributed by atoms with Crippen LogP contribution in [0, 0.1) is 13.8 Å². The number of hydrogen-bond donors (Lipinski definition) is 0. The second-order valence-corrected chi connectivity index (χ2v) is 11.1. The molecule has 0 bridgehead atoms. The predicted octanol–water partition coefficient (Wildman–Crippen LogP) is 9.61. The van der Waals surface area contributed by atoms with Crippen molar-refractivity contribution in [3.05, 3.63) is 70.6 Å². The van der Waals surface area contributed by atoms with Crippen molar-refractivity contribution in [1.29, 1.82) is 0 Å². The average Bonchev–Trinajstić information content (AvgIpc) is 3.44. The Balaban J connectivity index is 1.48. The summed E-state index contributed by atoms with van der Waals surface area (Å²) < 4.78 is 0. The van der Waals surface area contributed by atoms with E-state index in [1.165, 1.54) is 78.1 Å². The maximum Gasteiger partial charge on any atom is 0.0449 e. The van der Waals surface area contributed by atoms with Crippen molar-refractivity contribution >= 4 is 34.0 Å². The Morgan fingerprint density at radius 1 is 0.586 bits per heavy atom. The minimum atomic E-state index is 1.23. The molecule has 0 radical (unpaired) electrons. The van der Waals surface area contributed by atoms with Gasteiger partial charge in [-0.3, -0.25) is 0 Å². The lowest BCUT2D eigenvalue weighted by atomic mass is 10.1. The van der Waals surface area contributed by atoms with E-state index in [-0.39, 0.29) is 0 Å². The number of rotatable bonds is 8. The SMILES string of the molecule is CCCCCCc1ccc(-c2ccc(-c3ccc(-c4cc(C)cc(C)c4)s3)s2)s1. The molecule has 0 amide bonds. The number of thiophene rings is 3. The van der Waals surface area contributed by atoms with Gasteiger partial charge in [-0.2, -0.15) is 0 Å². The van der Waals surface area contributed by atoms with Gasteiger partial charge in [0.25, 0.3) is 0 Å². The van der Waals surface area contributed by atoms with E-state index in [1.807, 2.05) is 34.0 Å². The smallest absolute Gasteiger partial charge is 0.0449 e. The largest absolute Gasteiger partial charge is 0.139 e. The van der Waals surface area contributed by atoms with Gasteiger partial charge in [0, 0.05) is 29.3 Å². The van der Waals surface area contributed by atoms with E-state index in [2.05, 4.69) is 75.4 Å². The molecule has 1 aromatic carbocycles. The van der Waals surface area contributed by atoms with Crippen LogP contribution in [0.1, 0.15) is 48.6 Å². The van der Waals surface area contributed by atoms with Gasteiger partial charge in [-0.25, -0.2) is 0 Å². The fourth-order valence-electron chi connectivity index (χ4n) is 3.72. The van der Waals surface area contributed by atoms with E-state index in [0.717, 1.165) is 0 Å². The van der Waals surface area contributed by atoms with Gasteiger partial charge >= 0.3 is 0 Å². The standard InChI is InChI=1S/C26H28S3/c1-4-5-6-7-8-21-9-10-23(27-21)24-13-14-26(29-24)25-12-11-22(28-25)20-16-18(2)15-19(3)17-20/h9-17H,4-8H2,1-3H3. The lowest BCUT2D eigenvalue weighted by molar-refractivity contribution is 0.670. The first-order valence-electron chi connectivity index (χ1n) is 10.5. The van der Waals surface area contributed by atoms with Gasteiger partial charge < -0.3 is 0 Å². The summed E-state index contributed by atoms with van der Waals surface area (Å²) in [6, 6.07) is 20.6. The van der Waals surface area contributed by atoms with Crippen LogP contribution in [-0.4, -0.2) is 0 Å². The van der Waals surface area contributed by atoms with Crippen LogP contribution in [-0.2, 0) is 6.42 Å². The van der Waals surface area contributed by atoms with Crippen LogP contribution in [0.3, 0.4) is 0 Å². The van der Waals surface area contributed by atoms with Crippen molar-refractivity contribution in [2.75, 3.05) is 0 Å². The zero-order chi connectivity index (χ0) is 20.2. The highest BCUT2D eigenvalue weighted by molar-refractivity contribution is 7.27. The number of hydrogen-bond acceptors (Lipinski definition) is 3. The van der Waals surface area contributed by atoms with Crippen molar-refractivity contribution < 1.29 is 0 Å². The zero-order valence-electron chi connectivity index (χ0n) is 17.5. The van der Waals surface area contributed by atoms with Gasteiger partial charge in [0.05, 0.1) is 0 Å². The Hall–Kier alpha value is -1.68. The Labute approximate surface area is 186 Å². The fourth-order valence-corrected chi connectivity index (χ4v) is 6.95. The predicted molar refractivity (Wildman–Crippen MR) is 134 cm³/mol. The molecule has 0 nitrogen and oxygen atoms in total. The van der Waals surface area contributed by atoms with Crippen LogP contribution in [0.2, 0.25) is 0 Å². The molecule has 0 saturated carbocycles. The molecule has 4 aromatic rings. The van der Waals surface area contributed by atoms with E-state index < -0.39 is 0 Å². The Morgan fingerprint density at radius 2 is 1.14 bits per heavy atom. The molecule has 0 N–H and O–H groups in total. The summed E-state index contributed by atoms with van der Waals surface area (Å²) >= 11 is 5.79. The van der Waals surface area contributed by atoms with Crippen molar-refractivity contribution in [3.63, 3.8) is 0 Å². The molecule has 0 unspecified atom stereocenters. The molecule has 0 aliphatic rings. The maximum absolute atomic E-state index is 2.33. The first kappa shape index (κ1) is 20.6. The van der Waals surface area contributed by atoms with E-state index in [1.54, 1.807) is 0 Å². The Kier molecular flexibility index (Phi) is 6.69. The van der Waals surface area contributed by atoms with Crippen LogP contribution < -0.4 is 0 Å². The van der Waals surface area contributed by atoms with E-state index in [0.29, 0.717) is 0 Å². The molecule has 29 heavy (non-hydrogen) atoms. The van der Waals surface area contributed by atoms with E-state index in [9.17, 15) is 0 Å². The molecule has 0 atom stereocenters. The molecule has 3 aromatic heterocycles. The van der Waals surface area contributed by atoms with Gasteiger partial charge in [0.2, 0.25) is 0 Å². The van der Waals surface area contributed by atoms with Crippen molar-refractivity contribution in [2.45, 2.75) is 52.9 Å². The number of unbranched alkanes of at least 4 members (excludes halogenated alkanes) is 3. The van der Waals surface area contributed by atoms with Crippen LogP contribution in [0.15, 0.2) is 54.6 Å². The van der Waals surface area contributed by atoms with Gasteiger partial charge in [-0.1, -0.05) is 55.5 Å². The highest BCUT2D eigenvalue weighted by Gasteiger charge is 2.11. The molecular formula is C26H28S3. The molecule has 0 aliphatic heterocycles. The quantitative estimate of drug-likeness (QED) is 0.241. The topological polar surface area (TPSA) is 0 Å². The highest BCUT2D eigenvalue weighted by atomic mass is 32.1. The second kappa shape index (κ2) is 9.42. The summed E-state index contributed by atoms with van der Waals surface area (Å²) in [5.41, 5.74) is 4.00. The van der Waals surface area contributed by atoms with Crippen LogP contribution in [0.4, 0.5) is 0 Å². The summed E-state index contributed by atoms with van der Waals surface area (Å²) in [6.07, 6.45) is 6.57. The van der Waals surface area contributed by atoms with Gasteiger partial charge in [0.15, 0.2) is 0 Å². The Morgan fingerprint density at radius 3 is 1.79 bits per heavy atom. The molecule has 3 heteroatoms. The third-order valence-electron chi connectivity index (χ3n) is 5.14. The summed E-state index contributed by atoms with van der Waals surface area (Å²) in [5, 5.41) is 0. The summed E-state index contributed by atoms with van der Waals surface area (Å²) in [7, 11) is 0. The van der Waals surface area contributed by atoms with Crippen molar-refractivity contribution in [3.8, 4) is 29.9 Å². The third kappa shape index (κ3) is 5.09. The number of aryl methyl sites for hydroxylation is 3. The minimum Gasteiger partial charge on any atom is -0.139 e. The van der Waals surface area contributed by atoms with Crippen LogP contribution >= 0.6 is 34.0 Å². The maximum atomic E-state index is 2.33. The first-order valence-corrected chi connectivity index (χ1v) is 12.9. The van der Waals surface area contributed by atoms with Gasteiger partial charge in [-0.15, -0.1) is 34.0 Å². The summed E-state index contributed by atoms with van der Waals surface area (Å²) in [5.74, 6) is 0. The van der Waals surface area contributed by atoms with Crippen LogP contribution in [0.25, 0.3) is 29.9 Å². The molecule has 0 aliphatic carbocycles. The lowest BCUT2D eigenvalue weighted by Crippen LogP contribution is -1.80. The average molecular weight is 437 g/mol. The molecule has 0 spiro atoms. The van der Waals surface area contributed by atoms with Crippen LogP contribution in [0.5, 0.6) is 0 Å². The third-order valence-corrected chi connectivity index (χ3v) is 8.90. The molecule has 0 fully saturated rings. The van der Waals surface area contributed by atoms with Crippen molar-refractivity contribution in [1.82, 2.24) is 0 Å². The lowest BCUT2D eigenvalue weighted by Gasteiger charge is -2.02. The fraction of sp³-hybridized carbons (Fsp3) is 0.308.